The standard InChI is InChI=1S/C18H17BrN2O4/c19-13-9-20-10-14-21(7-4-8-24-14)18(23)15(20)17(16(13)22)25-11-12-5-2-1-3-6-12/h1-3,5-6,9,14H,4,7-8,10-11H2. The molecule has 6 nitrogen and oxygen atoms in total. The fourth-order valence-corrected chi connectivity index (χ4v) is 3.64. The van der Waals surface area contributed by atoms with Gasteiger partial charge >= 0.3 is 0 Å². The van der Waals surface area contributed by atoms with Crippen LogP contribution in [0.3, 0.4) is 0 Å². The van der Waals surface area contributed by atoms with Gasteiger partial charge in [0.2, 0.25) is 5.43 Å². The molecule has 3 heterocycles. The van der Waals surface area contributed by atoms with Gasteiger partial charge in [-0.25, -0.2) is 0 Å². The van der Waals surface area contributed by atoms with Gasteiger partial charge in [0.25, 0.3) is 5.91 Å². The summed E-state index contributed by atoms with van der Waals surface area (Å²) in [6, 6.07) is 9.56. The molecular weight excluding hydrogens is 388 g/mol. The van der Waals surface area contributed by atoms with Crippen LogP contribution < -0.4 is 10.2 Å². The molecule has 2 aromatic rings. The SMILES string of the molecule is O=C1c2c(OCc3ccccc3)c(=O)c(Br)cn2CC2OCCCN12. The Kier molecular flexibility index (Phi) is 4.35. The van der Waals surface area contributed by atoms with E-state index in [-0.39, 0.29) is 29.9 Å². The molecule has 25 heavy (non-hydrogen) atoms. The molecule has 1 amide bonds. The lowest BCUT2D eigenvalue weighted by atomic mass is 10.1. The van der Waals surface area contributed by atoms with Crippen LogP contribution in [0.15, 0.2) is 45.8 Å². The molecule has 2 aliphatic heterocycles. The van der Waals surface area contributed by atoms with Crippen molar-refractivity contribution in [3.05, 3.63) is 62.5 Å². The maximum Gasteiger partial charge on any atom is 0.276 e. The molecule has 0 spiro atoms. The highest BCUT2D eigenvalue weighted by Gasteiger charge is 2.37. The number of pyridine rings is 1. The summed E-state index contributed by atoms with van der Waals surface area (Å²) < 4.78 is 13.6. The van der Waals surface area contributed by atoms with Crippen molar-refractivity contribution in [2.75, 3.05) is 13.2 Å². The second-order valence-corrected chi connectivity index (χ2v) is 6.94. The minimum absolute atomic E-state index is 0.0900. The molecule has 1 atom stereocenters. The minimum atomic E-state index is -0.313. The lowest BCUT2D eigenvalue weighted by Gasteiger charge is -2.40. The topological polar surface area (TPSA) is 60.8 Å². The van der Waals surface area contributed by atoms with Crippen LogP contribution in [-0.4, -0.2) is 34.8 Å². The van der Waals surface area contributed by atoms with E-state index in [4.69, 9.17) is 9.47 Å². The van der Waals surface area contributed by atoms with E-state index in [1.807, 2.05) is 30.3 Å². The predicted octanol–water partition coefficient (Wildman–Crippen LogP) is 2.39. The zero-order valence-corrected chi connectivity index (χ0v) is 15.1. The predicted molar refractivity (Wildman–Crippen MR) is 94.6 cm³/mol. The third-order valence-corrected chi connectivity index (χ3v) is 5.00. The second kappa shape index (κ2) is 6.65. The first-order chi connectivity index (χ1) is 12.1. The van der Waals surface area contributed by atoms with E-state index in [0.717, 1.165) is 12.0 Å². The molecule has 1 aromatic heterocycles. The van der Waals surface area contributed by atoms with Crippen LogP contribution >= 0.6 is 15.9 Å². The van der Waals surface area contributed by atoms with Crippen molar-refractivity contribution in [1.29, 1.82) is 0 Å². The van der Waals surface area contributed by atoms with Gasteiger partial charge in [-0.15, -0.1) is 0 Å². The van der Waals surface area contributed by atoms with Crippen molar-refractivity contribution in [3.8, 4) is 5.75 Å². The Balaban J connectivity index is 1.73. The number of ether oxygens (including phenoxy) is 2. The van der Waals surface area contributed by atoms with E-state index < -0.39 is 0 Å². The van der Waals surface area contributed by atoms with E-state index >= 15 is 0 Å². The number of hydrogen-bond acceptors (Lipinski definition) is 4. The molecular formula is C18H17BrN2O4. The van der Waals surface area contributed by atoms with Crippen molar-refractivity contribution in [2.24, 2.45) is 0 Å². The zero-order chi connectivity index (χ0) is 17.4. The Morgan fingerprint density at radius 1 is 1.24 bits per heavy atom. The number of amides is 1. The summed E-state index contributed by atoms with van der Waals surface area (Å²) in [7, 11) is 0. The Bertz CT molecular complexity index is 865. The number of carbonyl (C=O) groups is 1. The van der Waals surface area contributed by atoms with Crippen LogP contribution in [0.5, 0.6) is 5.75 Å². The molecule has 7 heteroatoms. The van der Waals surface area contributed by atoms with Gasteiger partial charge < -0.3 is 18.9 Å². The number of fused-ring (bicyclic) bond motifs is 2. The lowest BCUT2D eigenvalue weighted by molar-refractivity contribution is -0.0920. The first kappa shape index (κ1) is 16.4. The van der Waals surface area contributed by atoms with Crippen LogP contribution in [0, 0.1) is 0 Å². The number of rotatable bonds is 3. The summed E-state index contributed by atoms with van der Waals surface area (Å²) in [5, 5.41) is 0. The van der Waals surface area contributed by atoms with Crippen molar-refractivity contribution >= 4 is 21.8 Å². The highest BCUT2D eigenvalue weighted by Crippen LogP contribution is 2.28. The summed E-state index contributed by atoms with van der Waals surface area (Å²) in [5.41, 5.74) is 0.917. The maximum absolute atomic E-state index is 12.9. The molecule has 1 aromatic carbocycles. The molecule has 0 N–H and O–H groups in total. The average molecular weight is 405 g/mol. The second-order valence-electron chi connectivity index (χ2n) is 6.09. The fourth-order valence-electron chi connectivity index (χ4n) is 3.21. The Hall–Kier alpha value is -2.12. The number of aromatic nitrogens is 1. The van der Waals surface area contributed by atoms with Gasteiger partial charge in [0.15, 0.2) is 17.7 Å². The normalized spacial score (nSPS) is 19.3. The van der Waals surface area contributed by atoms with Gasteiger partial charge in [-0.2, -0.15) is 0 Å². The zero-order valence-electron chi connectivity index (χ0n) is 13.5. The van der Waals surface area contributed by atoms with Gasteiger partial charge in [0, 0.05) is 12.7 Å². The van der Waals surface area contributed by atoms with E-state index in [1.54, 1.807) is 15.7 Å². The minimum Gasteiger partial charge on any atom is -0.483 e. The molecule has 0 radical (unpaired) electrons. The van der Waals surface area contributed by atoms with E-state index in [0.29, 0.717) is 29.9 Å². The summed E-state index contributed by atoms with van der Waals surface area (Å²) in [6.45, 7) is 1.99. The quantitative estimate of drug-likeness (QED) is 0.787. The van der Waals surface area contributed by atoms with Crippen molar-refractivity contribution < 1.29 is 14.3 Å². The third kappa shape index (κ3) is 2.98. The smallest absolute Gasteiger partial charge is 0.276 e. The number of carbonyl (C=O) groups excluding carboxylic acids is 1. The largest absolute Gasteiger partial charge is 0.483 e. The van der Waals surface area contributed by atoms with Crippen molar-refractivity contribution in [1.82, 2.24) is 9.47 Å². The van der Waals surface area contributed by atoms with E-state index in [2.05, 4.69) is 15.9 Å². The number of nitrogens with zero attached hydrogens (tertiary/aromatic N) is 2. The lowest BCUT2D eigenvalue weighted by Crippen LogP contribution is -2.53. The summed E-state index contributed by atoms with van der Waals surface area (Å²) >= 11 is 3.28. The first-order valence-electron chi connectivity index (χ1n) is 8.17. The van der Waals surface area contributed by atoms with Crippen LogP contribution in [0.25, 0.3) is 0 Å². The van der Waals surface area contributed by atoms with Crippen LogP contribution in [0.2, 0.25) is 0 Å². The van der Waals surface area contributed by atoms with E-state index in [1.165, 1.54) is 0 Å². The molecule has 1 fully saturated rings. The first-order valence-corrected chi connectivity index (χ1v) is 8.96. The summed E-state index contributed by atoms with van der Waals surface area (Å²) in [5.74, 6) is -0.129. The summed E-state index contributed by atoms with van der Waals surface area (Å²) in [4.78, 5) is 27.2. The van der Waals surface area contributed by atoms with Crippen LogP contribution in [0.4, 0.5) is 0 Å². The van der Waals surface area contributed by atoms with Gasteiger partial charge in [-0.1, -0.05) is 30.3 Å². The van der Waals surface area contributed by atoms with Gasteiger partial charge in [0.05, 0.1) is 17.6 Å². The molecule has 0 aliphatic carbocycles. The highest BCUT2D eigenvalue weighted by molar-refractivity contribution is 9.10. The fraction of sp³-hybridized carbons (Fsp3) is 0.333. The molecule has 0 bridgehead atoms. The highest BCUT2D eigenvalue weighted by atomic mass is 79.9. The average Bonchev–Trinajstić information content (AvgIpc) is 2.63. The Morgan fingerprint density at radius 3 is 2.84 bits per heavy atom. The van der Waals surface area contributed by atoms with Gasteiger partial charge in [-0.05, 0) is 27.9 Å². The van der Waals surface area contributed by atoms with Crippen molar-refractivity contribution in [3.63, 3.8) is 0 Å². The number of hydrogen-bond donors (Lipinski definition) is 0. The monoisotopic (exact) mass is 404 g/mol. The van der Waals surface area contributed by atoms with Gasteiger partial charge in [0.1, 0.15) is 6.61 Å². The van der Waals surface area contributed by atoms with Crippen molar-refractivity contribution in [2.45, 2.75) is 25.8 Å². The molecule has 1 unspecified atom stereocenters. The van der Waals surface area contributed by atoms with E-state index in [9.17, 15) is 9.59 Å². The Morgan fingerprint density at radius 2 is 2.04 bits per heavy atom. The molecule has 4 rings (SSSR count). The Labute approximate surface area is 153 Å². The molecule has 2 aliphatic rings. The molecule has 1 saturated heterocycles. The maximum atomic E-state index is 12.9. The third-order valence-electron chi connectivity index (χ3n) is 4.44. The number of halogens is 1. The summed E-state index contributed by atoms with van der Waals surface area (Å²) in [6.07, 6.45) is 2.15. The van der Waals surface area contributed by atoms with Crippen LogP contribution in [0.1, 0.15) is 22.5 Å². The van der Waals surface area contributed by atoms with Gasteiger partial charge in [-0.3, -0.25) is 9.59 Å². The van der Waals surface area contributed by atoms with Crippen LogP contribution in [-0.2, 0) is 17.9 Å². The number of benzene rings is 1. The molecule has 130 valence electrons. The molecule has 0 saturated carbocycles.